The molecular formula is C6H17N2S. The predicted octanol–water partition coefficient (Wildman–Crippen LogP) is -0.261. The van der Waals surface area contributed by atoms with E-state index in [2.05, 4.69) is 6.92 Å². The summed E-state index contributed by atoms with van der Waals surface area (Å²) in [5, 5.41) is 0. The molecule has 57 valence electrons. The molecule has 2 nitrogen and oxygen atoms in total. The van der Waals surface area contributed by atoms with Crippen molar-refractivity contribution in [2.45, 2.75) is 0 Å². The molecule has 0 aliphatic carbocycles. The minimum absolute atomic E-state index is 0.0802. The molecule has 0 heterocycles. The lowest BCUT2D eigenvalue weighted by Crippen LogP contribution is -2.13. The fraction of sp³-hybridized carbons (Fsp3) is 0.833. The first kappa shape index (κ1) is 9.27. The van der Waals surface area contributed by atoms with Crippen molar-refractivity contribution >= 4 is 10.9 Å². The lowest BCUT2D eigenvalue weighted by molar-refractivity contribution is 1.11. The van der Waals surface area contributed by atoms with Crippen molar-refractivity contribution in [3.05, 3.63) is 6.92 Å². The first-order chi connectivity index (χ1) is 4.35. The van der Waals surface area contributed by atoms with E-state index in [1.165, 1.54) is 0 Å². The van der Waals surface area contributed by atoms with Gasteiger partial charge in [0.2, 0.25) is 0 Å². The average molecular weight is 149 g/mol. The maximum Gasteiger partial charge on any atom is -0.000292 e. The average Bonchev–Trinajstić information content (AvgIpc) is 1.88. The fourth-order valence-electron chi connectivity index (χ4n) is 0.701. The van der Waals surface area contributed by atoms with Crippen LogP contribution >= 0.6 is 10.9 Å². The van der Waals surface area contributed by atoms with Gasteiger partial charge in [0.05, 0.1) is 0 Å². The Morgan fingerprint density at radius 1 is 1.11 bits per heavy atom. The maximum absolute atomic E-state index is 5.38. The Kier molecular flexibility index (Phi) is 6.58. The normalized spacial score (nSPS) is 11.7. The summed E-state index contributed by atoms with van der Waals surface area (Å²) in [6.45, 7) is 5.43. The quantitative estimate of drug-likeness (QED) is 0.472. The van der Waals surface area contributed by atoms with Gasteiger partial charge in [-0.3, -0.25) is 10.9 Å². The fourth-order valence-corrected chi connectivity index (χ4v) is 2.10. The highest BCUT2D eigenvalue weighted by atomic mass is 32.2. The van der Waals surface area contributed by atoms with E-state index in [4.69, 9.17) is 11.5 Å². The van der Waals surface area contributed by atoms with E-state index in [0.29, 0.717) is 0 Å². The predicted molar refractivity (Wildman–Crippen MR) is 47.1 cm³/mol. The van der Waals surface area contributed by atoms with Crippen molar-refractivity contribution in [3.63, 3.8) is 0 Å². The van der Waals surface area contributed by atoms with Crippen molar-refractivity contribution < 1.29 is 0 Å². The lowest BCUT2D eigenvalue weighted by Gasteiger charge is -2.16. The molecule has 0 spiro atoms. The van der Waals surface area contributed by atoms with Crippen LogP contribution in [0.2, 0.25) is 0 Å². The van der Waals surface area contributed by atoms with Gasteiger partial charge in [0.15, 0.2) is 0 Å². The van der Waals surface area contributed by atoms with Crippen LogP contribution in [0.1, 0.15) is 0 Å². The molecule has 3 heteroatoms. The molecule has 0 amide bonds. The van der Waals surface area contributed by atoms with E-state index in [0.717, 1.165) is 30.3 Å². The maximum atomic E-state index is 5.38. The summed E-state index contributed by atoms with van der Waals surface area (Å²) in [5.74, 6) is 3.30. The second-order valence-corrected chi connectivity index (χ2v) is 4.60. The molecular weight excluding hydrogens is 132 g/mol. The number of nitrogens with two attached hydrogens (primary N) is 2. The summed E-state index contributed by atoms with van der Waals surface area (Å²) in [6, 6.07) is 0. The Bertz CT molecular complexity index is 53.0. The van der Waals surface area contributed by atoms with Crippen LogP contribution in [0.4, 0.5) is 0 Å². The zero-order chi connectivity index (χ0) is 7.11. The first-order valence-electron chi connectivity index (χ1n) is 3.27. The first-order valence-corrected chi connectivity index (χ1v) is 5.16. The summed E-state index contributed by atoms with van der Waals surface area (Å²) >= 11 is 0. The highest BCUT2D eigenvalue weighted by molar-refractivity contribution is 8.17. The van der Waals surface area contributed by atoms with Crippen LogP contribution in [0.5, 0.6) is 0 Å². The Morgan fingerprint density at radius 2 is 1.56 bits per heavy atom. The van der Waals surface area contributed by atoms with E-state index in [1.807, 2.05) is 0 Å². The molecule has 0 atom stereocenters. The van der Waals surface area contributed by atoms with Crippen LogP contribution < -0.4 is 11.5 Å². The molecule has 0 aromatic rings. The molecule has 0 fully saturated rings. The van der Waals surface area contributed by atoms with Gasteiger partial charge < -0.3 is 11.5 Å². The SMILES string of the molecule is [CH2]C[SH](CCN)CCN. The Morgan fingerprint density at radius 3 is 1.78 bits per heavy atom. The minimum atomic E-state index is 0.0802. The van der Waals surface area contributed by atoms with E-state index < -0.39 is 0 Å². The van der Waals surface area contributed by atoms with E-state index in [1.54, 1.807) is 0 Å². The van der Waals surface area contributed by atoms with Crippen LogP contribution in [-0.4, -0.2) is 30.3 Å². The summed E-state index contributed by atoms with van der Waals surface area (Å²) in [4.78, 5) is 0. The summed E-state index contributed by atoms with van der Waals surface area (Å²) in [6.07, 6.45) is 0. The molecule has 0 saturated heterocycles. The smallest absolute Gasteiger partial charge is 0.000292 e. The summed E-state index contributed by atoms with van der Waals surface area (Å²) in [7, 11) is 0.0802. The van der Waals surface area contributed by atoms with Crippen LogP contribution in [0.15, 0.2) is 0 Å². The van der Waals surface area contributed by atoms with Crippen molar-refractivity contribution in [1.29, 1.82) is 0 Å². The molecule has 4 N–H and O–H groups in total. The monoisotopic (exact) mass is 149 g/mol. The molecule has 0 aromatic carbocycles. The molecule has 0 unspecified atom stereocenters. The topological polar surface area (TPSA) is 52.0 Å². The zero-order valence-corrected chi connectivity index (χ0v) is 6.74. The zero-order valence-electron chi connectivity index (χ0n) is 5.84. The molecule has 0 rings (SSSR count). The third-order valence-electron chi connectivity index (χ3n) is 1.21. The van der Waals surface area contributed by atoms with Gasteiger partial charge in [-0.15, -0.1) is 0 Å². The van der Waals surface area contributed by atoms with E-state index >= 15 is 0 Å². The molecule has 0 saturated carbocycles. The summed E-state index contributed by atoms with van der Waals surface area (Å²) < 4.78 is 0. The molecule has 1 radical (unpaired) electrons. The molecule has 0 bridgehead atoms. The second kappa shape index (κ2) is 6.39. The van der Waals surface area contributed by atoms with Gasteiger partial charge in [-0.05, 0) is 37.3 Å². The second-order valence-electron chi connectivity index (χ2n) is 1.92. The Labute approximate surface area is 60.3 Å². The van der Waals surface area contributed by atoms with Crippen LogP contribution in [0, 0.1) is 6.92 Å². The number of thiol groups is 1. The van der Waals surface area contributed by atoms with Crippen molar-refractivity contribution in [1.82, 2.24) is 0 Å². The van der Waals surface area contributed by atoms with Gasteiger partial charge in [-0.2, -0.15) is 0 Å². The van der Waals surface area contributed by atoms with Gasteiger partial charge in [0, 0.05) is 0 Å². The Balaban J connectivity index is 3.18. The molecule has 0 aliphatic rings. The molecule has 0 aromatic heterocycles. The number of hydrogen-bond donors (Lipinski definition) is 3. The van der Waals surface area contributed by atoms with Gasteiger partial charge in [-0.25, -0.2) is 0 Å². The van der Waals surface area contributed by atoms with Gasteiger partial charge in [0.1, 0.15) is 0 Å². The molecule has 9 heavy (non-hydrogen) atoms. The van der Waals surface area contributed by atoms with Crippen molar-refractivity contribution in [2.24, 2.45) is 11.5 Å². The third-order valence-corrected chi connectivity index (χ3v) is 3.62. The largest absolute Gasteiger partial charge is 0.330 e. The summed E-state index contributed by atoms with van der Waals surface area (Å²) in [5.41, 5.74) is 10.8. The Hall–Kier alpha value is 0.270. The van der Waals surface area contributed by atoms with E-state index in [9.17, 15) is 0 Å². The van der Waals surface area contributed by atoms with Gasteiger partial charge >= 0.3 is 0 Å². The highest BCUT2D eigenvalue weighted by Crippen LogP contribution is 2.21. The third kappa shape index (κ3) is 4.75. The van der Waals surface area contributed by atoms with Crippen molar-refractivity contribution in [3.8, 4) is 0 Å². The van der Waals surface area contributed by atoms with Crippen LogP contribution in [0.25, 0.3) is 0 Å². The van der Waals surface area contributed by atoms with Crippen LogP contribution in [-0.2, 0) is 0 Å². The van der Waals surface area contributed by atoms with E-state index in [-0.39, 0.29) is 10.9 Å². The number of rotatable bonds is 5. The van der Waals surface area contributed by atoms with Crippen LogP contribution in [0.3, 0.4) is 0 Å². The minimum Gasteiger partial charge on any atom is -0.330 e. The molecule has 0 aliphatic heterocycles. The van der Waals surface area contributed by atoms with Gasteiger partial charge in [0.25, 0.3) is 0 Å². The van der Waals surface area contributed by atoms with Crippen molar-refractivity contribution in [2.75, 3.05) is 30.3 Å². The lowest BCUT2D eigenvalue weighted by atomic mass is 10.8. The standard InChI is InChI=1S/C6H17N2S/c1-2-9(5-3-7)6-4-8/h9H,1-8H2. The highest BCUT2D eigenvalue weighted by Gasteiger charge is 1.96. The van der Waals surface area contributed by atoms with Gasteiger partial charge in [-0.1, -0.05) is 0 Å². The number of hydrogen-bond acceptors (Lipinski definition) is 2.